The van der Waals surface area contributed by atoms with Gasteiger partial charge in [-0.15, -0.1) is 0 Å². The fourth-order valence-electron chi connectivity index (χ4n) is 1.68. The van der Waals surface area contributed by atoms with E-state index in [1.54, 1.807) is 38.2 Å². The number of Topliss-reactive ketones (excluding diaryl/α,β-unsaturated/α-hetero) is 1. The van der Waals surface area contributed by atoms with Crippen LogP contribution in [0.2, 0.25) is 10.0 Å². The molecule has 1 unspecified atom stereocenters. The van der Waals surface area contributed by atoms with E-state index < -0.39 is 6.10 Å². The Kier molecular flexibility index (Phi) is 4.12. The molecule has 1 heterocycles. The lowest BCUT2D eigenvalue weighted by molar-refractivity contribution is 0.0808. The first-order valence-corrected chi connectivity index (χ1v) is 6.38. The van der Waals surface area contributed by atoms with Crippen molar-refractivity contribution in [3.8, 4) is 5.75 Å². The summed E-state index contributed by atoms with van der Waals surface area (Å²) in [6, 6.07) is 6.88. The molecule has 2 aromatic rings. The molecule has 0 aliphatic carbocycles. The molecule has 0 aliphatic heterocycles. The summed E-state index contributed by atoms with van der Waals surface area (Å²) in [7, 11) is 1.66. The topological polar surface area (TPSA) is 44.1 Å². The zero-order valence-electron chi connectivity index (χ0n) is 10.4. The number of aromatic nitrogens is 2. The fraction of sp³-hybridized carbons (Fsp3) is 0.231. The maximum Gasteiger partial charge on any atom is 0.222 e. The van der Waals surface area contributed by atoms with Crippen LogP contribution in [-0.2, 0) is 7.05 Å². The SMILES string of the molecule is CC(Oc1cccc(Cl)c1)C(=O)c1c(Cl)cnn1C. The minimum Gasteiger partial charge on any atom is -0.482 e. The molecular formula is C13H12Cl2N2O2. The Morgan fingerprint density at radius 2 is 2.16 bits per heavy atom. The van der Waals surface area contributed by atoms with Gasteiger partial charge in [-0.2, -0.15) is 5.10 Å². The van der Waals surface area contributed by atoms with Gasteiger partial charge in [0.15, 0.2) is 6.10 Å². The Morgan fingerprint density at radius 1 is 1.42 bits per heavy atom. The minimum absolute atomic E-state index is 0.232. The van der Waals surface area contributed by atoms with Crippen molar-refractivity contribution in [2.75, 3.05) is 0 Å². The normalized spacial score (nSPS) is 12.2. The minimum atomic E-state index is -0.675. The summed E-state index contributed by atoms with van der Waals surface area (Å²) in [5.74, 6) is 0.302. The average molecular weight is 299 g/mol. The Labute approximate surface area is 120 Å². The summed E-state index contributed by atoms with van der Waals surface area (Å²) >= 11 is 11.8. The number of hydrogen-bond acceptors (Lipinski definition) is 3. The van der Waals surface area contributed by atoms with Crippen LogP contribution >= 0.6 is 23.2 Å². The van der Waals surface area contributed by atoms with Gasteiger partial charge in [-0.3, -0.25) is 9.48 Å². The number of ether oxygens (including phenoxy) is 1. The van der Waals surface area contributed by atoms with Crippen LogP contribution in [0.4, 0.5) is 0 Å². The number of carbonyl (C=O) groups excluding carboxylic acids is 1. The number of carbonyl (C=O) groups is 1. The van der Waals surface area contributed by atoms with Crippen molar-refractivity contribution >= 4 is 29.0 Å². The van der Waals surface area contributed by atoms with Crippen LogP contribution in [0.5, 0.6) is 5.75 Å². The van der Waals surface area contributed by atoms with Crippen LogP contribution in [0, 0.1) is 0 Å². The molecule has 100 valence electrons. The quantitative estimate of drug-likeness (QED) is 0.813. The standard InChI is InChI=1S/C13H12Cl2N2O2/c1-8(19-10-5-3-4-9(14)6-10)13(18)12-11(15)7-16-17(12)2/h3-8H,1-2H3. The molecule has 0 saturated heterocycles. The number of hydrogen-bond donors (Lipinski definition) is 0. The molecule has 0 amide bonds. The molecule has 1 aromatic carbocycles. The number of halogens is 2. The van der Waals surface area contributed by atoms with Crippen molar-refractivity contribution < 1.29 is 9.53 Å². The molecule has 0 spiro atoms. The van der Waals surface area contributed by atoms with Crippen molar-refractivity contribution in [2.45, 2.75) is 13.0 Å². The van der Waals surface area contributed by atoms with Crippen LogP contribution in [0.3, 0.4) is 0 Å². The summed E-state index contributed by atoms with van der Waals surface area (Å²) in [5, 5.41) is 4.79. The van der Waals surface area contributed by atoms with Gasteiger partial charge in [0.05, 0.1) is 11.2 Å². The Bertz CT molecular complexity index is 591. The third kappa shape index (κ3) is 3.08. The van der Waals surface area contributed by atoms with Crippen molar-refractivity contribution in [1.82, 2.24) is 9.78 Å². The molecule has 6 heteroatoms. The summed E-state index contributed by atoms with van der Waals surface area (Å²) < 4.78 is 6.99. The third-order valence-electron chi connectivity index (χ3n) is 2.61. The van der Waals surface area contributed by atoms with Crippen molar-refractivity contribution in [1.29, 1.82) is 0 Å². The van der Waals surface area contributed by atoms with Crippen LogP contribution in [0.15, 0.2) is 30.5 Å². The molecule has 2 rings (SSSR count). The number of aryl methyl sites for hydroxylation is 1. The second kappa shape index (κ2) is 5.63. The zero-order valence-corrected chi connectivity index (χ0v) is 11.9. The Hall–Kier alpha value is -1.52. The van der Waals surface area contributed by atoms with Gasteiger partial charge in [-0.25, -0.2) is 0 Å². The van der Waals surface area contributed by atoms with Gasteiger partial charge in [-0.05, 0) is 25.1 Å². The van der Waals surface area contributed by atoms with E-state index in [1.807, 2.05) is 0 Å². The van der Waals surface area contributed by atoms with Gasteiger partial charge in [0.25, 0.3) is 0 Å². The number of benzene rings is 1. The monoisotopic (exact) mass is 298 g/mol. The lowest BCUT2D eigenvalue weighted by Gasteiger charge is -2.14. The molecule has 0 fully saturated rings. The predicted octanol–water partition coefficient (Wildman–Crippen LogP) is 3.38. The van der Waals surface area contributed by atoms with Crippen LogP contribution in [0.25, 0.3) is 0 Å². The second-order valence-corrected chi connectivity index (χ2v) is 4.89. The molecule has 1 aromatic heterocycles. The van der Waals surface area contributed by atoms with E-state index in [1.165, 1.54) is 10.9 Å². The van der Waals surface area contributed by atoms with E-state index in [2.05, 4.69) is 5.10 Å². The summed E-state index contributed by atoms with van der Waals surface area (Å²) in [6.07, 6.45) is 0.757. The zero-order chi connectivity index (χ0) is 14.0. The Balaban J connectivity index is 2.16. The maximum atomic E-state index is 12.2. The van der Waals surface area contributed by atoms with Gasteiger partial charge in [-0.1, -0.05) is 29.3 Å². The molecule has 1 atom stereocenters. The highest BCUT2D eigenvalue weighted by Crippen LogP contribution is 2.21. The van der Waals surface area contributed by atoms with Crippen LogP contribution < -0.4 is 4.74 Å². The molecule has 0 bridgehead atoms. The van der Waals surface area contributed by atoms with Crippen LogP contribution in [0.1, 0.15) is 17.4 Å². The molecule has 4 nitrogen and oxygen atoms in total. The van der Waals surface area contributed by atoms with Gasteiger partial charge in [0.1, 0.15) is 11.4 Å². The Morgan fingerprint density at radius 3 is 2.74 bits per heavy atom. The highest BCUT2D eigenvalue weighted by molar-refractivity contribution is 6.33. The van der Waals surface area contributed by atoms with Crippen molar-refractivity contribution in [3.05, 3.63) is 46.2 Å². The molecular weight excluding hydrogens is 287 g/mol. The van der Waals surface area contributed by atoms with Gasteiger partial charge in [0, 0.05) is 12.1 Å². The van der Waals surface area contributed by atoms with Crippen molar-refractivity contribution in [3.63, 3.8) is 0 Å². The largest absolute Gasteiger partial charge is 0.482 e. The van der Waals surface area contributed by atoms with Gasteiger partial charge >= 0.3 is 0 Å². The molecule has 0 aliphatic rings. The third-order valence-corrected chi connectivity index (χ3v) is 3.12. The highest BCUT2D eigenvalue weighted by Gasteiger charge is 2.23. The maximum absolute atomic E-state index is 12.2. The first-order chi connectivity index (χ1) is 8.99. The summed E-state index contributed by atoms with van der Waals surface area (Å²) in [6.45, 7) is 1.66. The smallest absolute Gasteiger partial charge is 0.222 e. The van der Waals surface area contributed by atoms with Crippen LogP contribution in [-0.4, -0.2) is 21.7 Å². The lowest BCUT2D eigenvalue weighted by Crippen LogP contribution is -2.26. The van der Waals surface area contributed by atoms with Gasteiger partial charge < -0.3 is 4.74 Å². The number of rotatable bonds is 4. The van der Waals surface area contributed by atoms with E-state index in [-0.39, 0.29) is 5.78 Å². The first kappa shape index (κ1) is 13.9. The fourth-order valence-corrected chi connectivity index (χ4v) is 2.12. The number of ketones is 1. The summed E-state index contributed by atoms with van der Waals surface area (Å²) in [4.78, 5) is 12.2. The summed E-state index contributed by atoms with van der Waals surface area (Å²) in [5.41, 5.74) is 0.330. The number of nitrogens with zero attached hydrogens (tertiary/aromatic N) is 2. The van der Waals surface area contributed by atoms with E-state index in [4.69, 9.17) is 27.9 Å². The molecule has 0 radical (unpaired) electrons. The average Bonchev–Trinajstić information content (AvgIpc) is 2.68. The second-order valence-electron chi connectivity index (χ2n) is 4.05. The van der Waals surface area contributed by atoms with E-state index in [0.29, 0.717) is 21.5 Å². The highest BCUT2D eigenvalue weighted by atomic mass is 35.5. The van der Waals surface area contributed by atoms with E-state index in [9.17, 15) is 4.79 Å². The molecule has 19 heavy (non-hydrogen) atoms. The van der Waals surface area contributed by atoms with E-state index in [0.717, 1.165) is 0 Å². The van der Waals surface area contributed by atoms with E-state index >= 15 is 0 Å². The van der Waals surface area contributed by atoms with Crippen molar-refractivity contribution in [2.24, 2.45) is 7.05 Å². The molecule has 0 N–H and O–H groups in total. The van der Waals surface area contributed by atoms with Gasteiger partial charge in [0.2, 0.25) is 5.78 Å². The first-order valence-electron chi connectivity index (χ1n) is 5.63. The molecule has 0 saturated carbocycles. The predicted molar refractivity (Wildman–Crippen MR) is 74.1 cm³/mol. The lowest BCUT2D eigenvalue weighted by atomic mass is 10.2.